The fraction of sp³-hybridized carbons (Fsp3) is 0.364. The molecule has 0 aliphatic carbocycles. The van der Waals surface area contributed by atoms with E-state index in [2.05, 4.69) is 15.0 Å². The predicted molar refractivity (Wildman–Crippen MR) is 121 cm³/mol. The summed E-state index contributed by atoms with van der Waals surface area (Å²) in [5, 5.41) is 18.3. The van der Waals surface area contributed by atoms with Crippen molar-refractivity contribution in [2.75, 3.05) is 6.61 Å². The van der Waals surface area contributed by atoms with Crippen LogP contribution in [-0.2, 0) is 21.3 Å². The number of halogens is 2. The van der Waals surface area contributed by atoms with Crippen LogP contribution in [0.1, 0.15) is 19.3 Å². The second-order valence-electron chi connectivity index (χ2n) is 7.87. The average molecular weight is 495 g/mol. The first-order valence-corrected chi connectivity index (χ1v) is 12.4. The summed E-state index contributed by atoms with van der Waals surface area (Å²) in [7, 11) is -3.77. The minimum Gasteiger partial charge on any atom is -0.394 e. The molecule has 2 N–H and O–H groups in total. The summed E-state index contributed by atoms with van der Waals surface area (Å²) >= 11 is 5.83. The van der Waals surface area contributed by atoms with Crippen LogP contribution in [-0.4, -0.2) is 53.4 Å². The van der Waals surface area contributed by atoms with Gasteiger partial charge in [0.1, 0.15) is 11.5 Å². The molecule has 0 spiro atoms. The number of benzene rings is 2. The number of ether oxygens (including phenoxy) is 1. The zero-order chi connectivity index (χ0) is 23.4. The van der Waals surface area contributed by atoms with Gasteiger partial charge in [-0.2, -0.15) is 0 Å². The number of rotatable bonds is 8. The first-order chi connectivity index (χ1) is 15.9. The number of hydrogen-bond donors (Lipinski definition) is 2. The summed E-state index contributed by atoms with van der Waals surface area (Å²) in [4.78, 5) is 0.0996. The van der Waals surface area contributed by atoms with Crippen molar-refractivity contribution in [3.8, 4) is 11.3 Å². The monoisotopic (exact) mass is 494 g/mol. The zero-order valence-electron chi connectivity index (χ0n) is 17.6. The molecule has 2 heterocycles. The standard InChI is InChI=1S/C22H24ClFN4O4S/c23-15-5-8-17(9-6-15)33(30,31)26-20-10-7-16(32-22(20)14-29)11-12-28-13-21(25-27-28)18-3-1-2-4-19(18)24/h1-6,8-9,13,16,20,22,26,29H,7,10-12,14H2/t16-,20-,22+/m0/s1. The van der Waals surface area contributed by atoms with Crippen LogP contribution in [0, 0.1) is 5.82 Å². The first-order valence-electron chi connectivity index (χ1n) is 10.5. The molecule has 11 heteroatoms. The van der Waals surface area contributed by atoms with Crippen LogP contribution in [0.5, 0.6) is 0 Å². The van der Waals surface area contributed by atoms with Crippen molar-refractivity contribution in [3.05, 3.63) is 65.6 Å². The van der Waals surface area contributed by atoms with E-state index in [1.807, 2.05) is 0 Å². The summed E-state index contributed by atoms with van der Waals surface area (Å²) in [6.07, 6.45) is 2.54. The molecule has 2 aromatic carbocycles. The molecular weight excluding hydrogens is 471 g/mol. The molecule has 0 unspecified atom stereocenters. The van der Waals surface area contributed by atoms with Crippen LogP contribution < -0.4 is 4.72 Å². The number of aromatic nitrogens is 3. The SMILES string of the molecule is O=S(=O)(N[C@H]1CC[C@@H](CCn2cc(-c3ccccc3F)nn2)O[C@@H]1CO)c1ccc(Cl)cc1. The molecule has 4 rings (SSSR count). The van der Waals surface area contributed by atoms with Gasteiger partial charge < -0.3 is 9.84 Å². The Bertz CT molecular complexity index is 1190. The summed E-state index contributed by atoms with van der Waals surface area (Å²) in [5.41, 5.74) is 0.830. The summed E-state index contributed by atoms with van der Waals surface area (Å²) in [6, 6.07) is 11.7. The van der Waals surface area contributed by atoms with Crippen molar-refractivity contribution in [2.24, 2.45) is 0 Å². The van der Waals surface area contributed by atoms with Gasteiger partial charge in [0.05, 0.1) is 35.9 Å². The number of aliphatic hydroxyl groups excluding tert-OH is 1. The van der Waals surface area contributed by atoms with E-state index in [4.69, 9.17) is 16.3 Å². The molecule has 3 aromatic rings. The van der Waals surface area contributed by atoms with E-state index < -0.39 is 22.2 Å². The van der Waals surface area contributed by atoms with Gasteiger partial charge in [-0.25, -0.2) is 17.5 Å². The fourth-order valence-electron chi connectivity index (χ4n) is 3.84. The van der Waals surface area contributed by atoms with E-state index in [0.717, 1.165) is 0 Å². The maximum atomic E-state index is 13.9. The van der Waals surface area contributed by atoms with Crippen LogP contribution in [0.4, 0.5) is 4.39 Å². The van der Waals surface area contributed by atoms with Gasteiger partial charge in [0, 0.05) is 17.1 Å². The molecule has 33 heavy (non-hydrogen) atoms. The molecule has 0 amide bonds. The summed E-state index contributed by atoms with van der Waals surface area (Å²) in [5.74, 6) is -0.363. The molecule has 1 aliphatic rings. The molecule has 176 valence electrons. The Morgan fingerprint density at radius 2 is 1.94 bits per heavy atom. The zero-order valence-corrected chi connectivity index (χ0v) is 19.2. The molecule has 1 fully saturated rings. The Morgan fingerprint density at radius 3 is 2.67 bits per heavy atom. The van der Waals surface area contributed by atoms with Crippen molar-refractivity contribution in [3.63, 3.8) is 0 Å². The Hall–Kier alpha value is -2.37. The van der Waals surface area contributed by atoms with Gasteiger partial charge >= 0.3 is 0 Å². The Kier molecular flexibility index (Phi) is 7.40. The van der Waals surface area contributed by atoms with Crippen molar-refractivity contribution < 1.29 is 22.7 Å². The summed E-state index contributed by atoms with van der Waals surface area (Å²) < 4.78 is 49.5. The topological polar surface area (TPSA) is 106 Å². The Labute approximate surface area is 196 Å². The van der Waals surface area contributed by atoms with Crippen LogP contribution >= 0.6 is 11.6 Å². The second kappa shape index (κ2) is 10.3. The minimum atomic E-state index is -3.77. The lowest BCUT2D eigenvalue weighted by atomic mass is 9.98. The molecule has 0 saturated carbocycles. The quantitative estimate of drug-likeness (QED) is 0.498. The van der Waals surface area contributed by atoms with Crippen LogP contribution in [0.2, 0.25) is 5.02 Å². The highest BCUT2D eigenvalue weighted by Gasteiger charge is 2.34. The van der Waals surface area contributed by atoms with Crippen molar-refractivity contribution >= 4 is 21.6 Å². The number of sulfonamides is 1. The van der Waals surface area contributed by atoms with Gasteiger partial charge in [-0.05, 0) is 55.7 Å². The molecular formula is C22H24ClFN4O4S. The molecule has 1 saturated heterocycles. The second-order valence-corrected chi connectivity index (χ2v) is 10.0. The maximum Gasteiger partial charge on any atom is 0.240 e. The van der Waals surface area contributed by atoms with Crippen molar-refractivity contribution in [1.82, 2.24) is 19.7 Å². The lowest BCUT2D eigenvalue weighted by Gasteiger charge is -2.36. The molecule has 1 aliphatic heterocycles. The molecule has 8 nitrogen and oxygen atoms in total. The highest BCUT2D eigenvalue weighted by Crippen LogP contribution is 2.25. The van der Waals surface area contributed by atoms with Crippen molar-refractivity contribution in [1.29, 1.82) is 0 Å². The van der Waals surface area contributed by atoms with Crippen LogP contribution in [0.25, 0.3) is 11.3 Å². The number of hydrogen-bond acceptors (Lipinski definition) is 6. The maximum absolute atomic E-state index is 13.9. The van der Waals surface area contributed by atoms with Gasteiger partial charge in [0.15, 0.2) is 0 Å². The molecule has 1 aromatic heterocycles. The number of aryl methyl sites for hydroxylation is 1. The largest absolute Gasteiger partial charge is 0.394 e. The van der Waals surface area contributed by atoms with Gasteiger partial charge in [-0.15, -0.1) is 5.10 Å². The number of aliphatic hydroxyl groups is 1. The third kappa shape index (κ3) is 5.77. The average Bonchev–Trinajstić information content (AvgIpc) is 3.27. The molecule has 0 radical (unpaired) electrons. The first kappa shape index (κ1) is 23.8. The highest BCUT2D eigenvalue weighted by molar-refractivity contribution is 7.89. The lowest BCUT2D eigenvalue weighted by Crippen LogP contribution is -2.50. The van der Waals surface area contributed by atoms with Crippen LogP contribution in [0.3, 0.4) is 0 Å². The van der Waals surface area contributed by atoms with Crippen molar-refractivity contribution in [2.45, 2.75) is 49.0 Å². The van der Waals surface area contributed by atoms with E-state index in [9.17, 15) is 17.9 Å². The minimum absolute atomic E-state index is 0.0996. The third-order valence-electron chi connectivity index (χ3n) is 5.59. The Balaban J connectivity index is 1.34. The van der Waals surface area contributed by atoms with Gasteiger partial charge in [-0.3, -0.25) is 4.68 Å². The smallest absolute Gasteiger partial charge is 0.240 e. The van der Waals surface area contributed by atoms with E-state index in [-0.39, 0.29) is 23.4 Å². The normalized spacial score (nSPS) is 21.2. The van der Waals surface area contributed by atoms with Gasteiger partial charge in [-0.1, -0.05) is 28.9 Å². The molecule has 0 bridgehead atoms. The van der Waals surface area contributed by atoms with Crippen LogP contribution in [0.15, 0.2) is 59.6 Å². The lowest BCUT2D eigenvalue weighted by molar-refractivity contribution is -0.0891. The van der Waals surface area contributed by atoms with E-state index >= 15 is 0 Å². The Morgan fingerprint density at radius 1 is 1.18 bits per heavy atom. The number of nitrogens with zero attached hydrogens (tertiary/aromatic N) is 3. The number of nitrogens with one attached hydrogen (secondary N) is 1. The highest BCUT2D eigenvalue weighted by atomic mass is 35.5. The predicted octanol–water partition coefficient (Wildman–Crippen LogP) is 3.01. The fourth-order valence-corrected chi connectivity index (χ4v) is 5.26. The van der Waals surface area contributed by atoms with E-state index in [0.29, 0.717) is 42.1 Å². The van der Waals surface area contributed by atoms with E-state index in [1.165, 1.54) is 30.3 Å². The van der Waals surface area contributed by atoms with Gasteiger partial charge in [0.2, 0.25) is 10.0 Å². The van der Waals surface area contributed by atoms with E-state index in [1.54, 1.807) is 29.1 Å². The summed E-state index contributed by atoms with van der Waals surface area (Å²) in [6.45, 7) is 0.177. The molecule has 3 atom stereocenters. The third-order valence-corrected chi connectivity index (χ3v) is 7.35. The van der Waals surface area contributed by atoms with Gasteiger partial charge in [0.25, 0.3) is 0 Å².